The van der Waals surface area contributed by atoms with Crippen LogP contribution in [0.15, 0.2) is 42.6 Å². The van der Waals surface area contributed by atoms with Crippen LogP contribution in [0.1, 0.15) is 0 Å². The fourth-order valence-electron chi connectivity index (χ4n) is 2.34. The van der Waals surface area contributed by atoms with Gasteiger partial charge in [0.15, 0.2) is 5.82 Å². The molecule has 2 aromatic carbocycles. The van der Waals surface area contributed by atoms with Crippen molar-refractivity contribution in [2.24, 2.45) is 0 Å². The molecule has 0 radical (unpaired) electrons. The van der Waals surface area contributed by atoms with Gasteiger partial charge in [-0.3, -0.25) is 0 Å². The fraction of sp³-hybridized carbons (Fsp3) is 0.167. The van der Waals surface area contributed by atoms with E-state index in [0.717, 1.165) is 11.4 Å². The Morgan fingerprint density at radius 3 is 2.48 bits per heavy atom. The summed E-state index contributed by atoms with van der Waals surface area (Å²) < 4.78 is 15.8. The van der Waals surface area contributed by atoms with Crippen molar-refractivity contribution in [3.05, 3.63) is 47.6 Å². The first-order valence-corrected chi connectivity index (χ1v) is 8.30. The van der Waals surface area contributed by atoms with Gasteiger partial charge in [0.2, 0.25) is 5.95 Å². The van der Waals surface area contributed by atoms with E-state index in [1.807, 2.05) is 24.3 Å². The van der Waals surface area contributed by atoms with Crippen LogP contribution in [0, 0.1) is 0 Å². The Bertz CT molecular complexity index is 939. The maximum Gasteiger partial charge on any atom is 0.249 e. The molecule has 0 saturated heterocycles. The number of hydrogen-bond donors (Lipinski definition) is 2. The lowest BCUT2D eigenvalue weighted by Gasteiger charge is -2.13. The van der Waals surface area contributed by atoms with Crippen LogP contribution < -0.4 is 24.8 Å². The molecule has 0 aliphatic heterocycles. The average molecular weight is 388 g/mol. The molecule has 0 atom stereocenters. The second-order valence-electron chi connectivity index (χ2n) is 5.33. The van der Waals surface area contributed by atoms with Crippen molar-refractivity contribution in [3.8, 4) is 17.2 Å². The minimum Gasteiger partial charge on any atom is -0.497 e. The molecule has 3 rings (SSSR count). The third-order valence-electron chi connectivity index (χ3n) is 3.62. The van der Waals surface area contributed by atoms with Crippen molar-refractivity contribution < 1.29 is 14.2 Å². The minimum atomic E-state index is 0.327. The Morgan fingerprint density at radius 1 is 0.926 bits per heavy atom. The summed E-state index contributed by atoms with van der Waals surface area (Å²) in [5.41, 5.74) is 1.41. The molecule has 140 valence electrons. The van der Waals surface area contributed by atoms with Gasteiger partial charge in [0.1, 0.15) is 17.2 Å². The second-order valence-corrected chi connectivity index (χ2v) is 5.74. The SMILES string of the molecule is COc1cccc(Nc2nncc(Nc3cc(OC)c(Cl)cc3OC)n2)c1. The summed E-state index contributed by atoms with van der Waals surface area (Å²) in [4.78, 5) is 4.41. The average Bonchev–Trinajstić information content (AvgIpc) is 2.69. The predicted molar refractivity (Wildman–Crippen MR) is 104 cm³/mol. The smallest absolute Gasteiger partial charge is 0.249 e. The van der Waals surface area contributed by atoms with E-state index in [-0.39, 0.29) is 0 Å². The zero-order valence-electron chi connectivity index (χ0n) is 15.0. The molecular formula is C18H18ClN5O3. The number of hydrogen-bond acceptors (Lipinski definition) is 8. The first-order chi connectivity index (χ1) is 13.1. The predicted octanol–water partition coefficient (Wildman–Crippen LogP) is 4.04. The lowest BCUT2D eigenvalue weighted by molar-refractivity contribution is 0.405. The van der Waals surface area contributed by atoms with E-state index in [1.165, 1.54) is 6.20 Å². The molecule has 0 bridgehead atoms. The molecule has 2 N–H and O–H groups in total. The maximum absolute atomic E-state index is 6.13. The Labute approximate surface area is 161 Å². The molecule has 0 unspecified atom stereocenters. The third kappa shape index (κ3) is 4.48. The van der Waals surface area contributed by atoms with Gasteiger partial charge in [0, 0.05) is 23.9 Å². The lowest BCUT2D eigenvalue weighted by atomic mass is 10.2. The Morgan fingerprint density at radius 2 is 1.74 bits per heavy atom. The topological polar surface area (TPSA) is 90.4 Å². The van der Waals surface area contributed by atoms with Crippen LogP contribution in [-0.4, -0.2) is 36.5 Å². The molecule has 0 saturated carbocycles. The molecule has 8 nitrogen and oxygen atoms in total. The van der Waals surface area contributed by atoms with E-state index in [9.17, 15) is 0 Å². The quantitative estimate of drug-likeness (QED) is 0.627. The highest BCUT2D eigenvalue weighted by molar-refractivity contribution is 6.32. The summed E-state index contributed by atoms with van der Waals surface area (Å²) in [7, 11) is 4.70. The number of rotatable bonds is 7. The van der Waals surface area contributed by atoms with Crippen molar-refractivity contribution in [1.29, 1.82) is 0 Å². The van der Waals surface area contributed by atoms with Crippen LogP contribution in [0.2, 0.25) is 5.02 Å². The van der Waals surface area contributed by atoms with Crippen molar-refractivity contribution >= 4 is 34.7 Å². The normalized spacial score (nSPS) is 10.2. The van der Waals surface area contributed by atoms with Crippen LogP contribution in [0.25, 0.3) is 0 Å². The highest BCUT2D eigenvalue weighted by Gasteiger charge is 2.11. The van der Waals surface area contributed by atoms with Gasteiger partial charge in [-0.05, 0) is 12.1 Å². The van der Waals surface area contributed by atoms with E-state index in [1.54, 1.807) is 33.5 Å². The summed E-state index contributed by atoms with van der Waals surface area (Å²) in [6.45, 7) is 0. The molecule has 0 spiro atoms. The summed E-state index contributed by atoms with van der Waals surface area (Å²) >= 11 is 6.13. The van der Waals surface area contributed by atoms with Crippen molar-refractivity contribution in [2.75, 3.05) is 32.0 Å². The van der Waals surface area contributed by atoms with Crippen molar-refractivity contribution in [1.82, 2.24) is 15.2 Å². The fourth-order valence-corrected chi connectivity index (χ4v) is 2.57. The van der Waals surface area contributed by atoms with E-state index in [2.05, 4.69) is 25.8 Å². The number of aromatic nitrogens is 3. The van der Waals surface area contributed by atoms with Gasteiger partial charge in [0.25, 0.3) is 0 Å². The summed E-state index contributed by atoms with van der Waals surface area (Å²) in [6, 6.07) is 10.8. The van der Waals surface area contributed by atoms with E-state index < -0.39 is 0 Å². The molecule has 3 aromatic rings. The summed E-state index contributed by atoms with van der Waals surface area (Å²) in [5, 5.41) is 14.6. The van der Waals surface area contributed by atoms with E-state index >= 15 is 0 Å². The second kappa shape index (κ2) is 8.41. The zero-order chi connectivity index (χ0) is 19.2. The number of anilines is 4. The first-order valence-electron chi connectivity index (χ1n) is 7.92. The van der Waals surface area contributed by atoms with Crippen molar-refractivity contribution in [3.63, 3.8) is 0 Å². The monoisotopic (exact) mass is 387 g/mol. The molecule has 27 heavy (non-hydrogen) atoms. The number of halogens is 1. The Balaban J connectivity index is 1.84. The standard InChI is InChI=1S/C18H18ClN5O3/c1-25-12-6-4-5-11(7-12)21-18-23-17(10-20-24-18)22-14-9-15(26-2)13(19)8-16(14)27-3/h4-10H,1-3H3,(H2,21,22,23,24). The number of benzene rings is 2. The molecule has 1 aromatic heterocycles. The first kappa shape index (κ1) is 18.5. The maximum atomic E-state index is 6.13. The largest absolute Gasteiger partial charge is 0.497 e. The van der Waals surface area contributed by atoms with Crippen LogP contribution in [0.5, 0.6) is 17.2 Å². The van der Waals surface area contributed by atoms with Gasteiger partial charge in [-0.2, -0.15) is 10.1 Å². The number of nitrogens with one attached hydrogen (secondary N) is 2. The highest BCUT2D eigenvalue weighted by atomic mass is 35.5. The van der Waals surface area contributed by atoms with Crippen LogP contribution in [-0.2, 0) is 0 Å². The Hall–Kier alpha value is -3.26. The molecule has 1 heterocycles. The zero-order valence-corrected chi connectivity index (χ0v) is 15.7. The number of nitrogens with zero attached hydrogens (tertiary/aromatic N) is 3. The molecule has 0 aliphatic carbocycles. The number of ether oxygens (including phenoxy) is 3. The van der Waals surface area contributed by atoms with E-state index in [4.69, 9.17) is 25.8 Å². The van der Waals surface area contributed by atoms with Crippen LogP contribution in [0.3, 0.4) is 0 Å². The lowest BCUT2D eigenvalue weighted by Crippen LogP contribution is -2.03. The van der Waals surface area contributed by atoms with Gasteiger partial charge in [-0.1, -0.05) is 17.7 Å². The molecule has 0 amide bonds. The highest BCUT2D eigenvalue weighted by Crippen LogP contribution is 2.37. The summed E-state index contributed by atoms with van der Waals surface area (Å²) in [6.07, 6.45) is 1.50. The number of methoxy groups -OCH3 is 3. The molecule has 0 fully saturated rings. The van der Waals surface area contributed by atoms with Crippen LogP contribution in [0.4, 0.5) is 23.1 Å². The summed E-state index contributed by atoms with van der Waals surface area (Å²) in [5.74, 6) is 2.57. The molecular weight excluding hydrogens is 370 g/mol. The minimum absolute atomic E-state index is 0.327. The van der Waals surface area contributed by atoms with Gasteiger partial charge in [-0.15, -0.1) is 5.10 Å². The van der Waals surface area contributed by atoms with E-state index in [0.29, 0.717) is 34.0 Å². The van der Waals surface area contributed by atoms with Gasteiger partial charge >= 0.3 is 0 Å². The van der Waals surface area contributed by atoms with Gasteiger partial charge < -0.3 is 24.8 Å². The van der Waals surface area contributed by atoms with Gasteiger partial charge in [0.05, 0.1) is 38.2 Å². The third-order valence-corrected chi connectivity index (χ3v) is 3.92. The van der Waals surface area contributed by atoms with Crippen LogP contribution >= 0.6 is 11.6 Å². The Kier molecular flexibility index (Phi) is 5.77. The molecule has 0 aliphatic rings. The molecule has 9 heteroatoms. The van der Waals surface area contributed by atoms with Gasteiger partial charge in [-0.25, -0.2) is 0 Å². The van der Waals surface area contributed by atoms with Crippen molar-refractivity contribution in [2.45, 2.75) is 0 Å².